The summed E-state index contributed by atoms with van der Waals surface area (Å²) in [6.07, 6.45) is -12.3. The van der Waals surface area contributed by atoms with Crippen LogP contribution in [0.5, 0.6) is 0 Å². The lowest BCUT2D eigenvalue weighted by Gasteiger charge is -2.16. The molecule has 0 spiro atoms. The Bertz CT molecular complexity index is 1210. The van der Waals surface area contributed by atoms with Crippen molar-refractivity contribution < 1.29 is 30.7 Å². The van der Waals surface area contributed by atoms with Gasteiger partial charge in [0.25, 0.3) is 0 Å². The van der Waals surface area contributed by atoms with E-state index in [0.29, 0.717) is 5.39 Å². The van der Waals surface area contributed by atoms with Gasteiger partial charge >= 0.3 is 12.4 Å². The monoisotopic (exact) mass is 436 g/mol. The lowest BCUT2D eigenvalue weighted by molar-refractivity contribution is -0.127. The Labute approximate surface area is 171 Å². The van der Waals surface area contributed by atoms with E-state index in [9.17, 15) is 41.3 Å². The minimum Gasteiger partial charge on any atom is -0.207 e. The predicted molar refractivity (Wildman–Crippen MR) is 98.3 cm³/mol. The molecule has 31 heavy (non-hydrogen) atoms. The highest BCUT2D eigenvalue weighted by atomic mass is 19.4. The Hall–Kier alpha value is -3.59. The summed E-state index contributed by atoms with van der Waals surface area (Å²) >= 11 is 0. The minimum atomic E-state index is -4.69. The number of benzene rings is 3. The van der Waals surface area contributed by atoms with Crippen molar-refractivity contribution in [1.82, 2.24) is 0 Å². The van der Waals surface area contributed by atoms with E-state index in [-0.39, 0.29) is 27.6 Å². The van der Waals surface area contributed by atoms with Crippen molar-refractivity contribution in [2.45, 2.75) is 25.2 Å². The number of nitriles is 2. The maximum Gasteiger partial charge on any atom is 0.393 e. The molecule has 0 radical (unpaired) electrons. The van der Waals surface area contributed by atoms with Crippen LogP contribution in [-0.2, 0) is 12.8 Å². The summed E-state index contributed by atoms with van der Waals surface area (Å²) in [6.45, 7) is 0. The molecule has 0 amide bonds. The van der Waals surface area contributed by atoms with Gasteiger partial charge in [-0.3, -0.25) is 0 Å². The molecular weight excluding hydrogens is 425 g/mol. The normalized spacial score (nSPS) is 11.9. The third kappa shape index (κ3) is 5.13. The zero-order valence-electron chi connectivity index (χ0n) is 15.5. The molecule has 0 unspecified atom stereocenters. The van der Waals surface area contributed by atoms with E-state index in [1.54, 1.807) is 12.1 Å². The quantitative estimate of drug-likeness (QED) is 0.435. The van der Waals surface area contributed by atoms with Gasteiger partial charge in [-0.2, -0.15) is 36.9 Å². The number of hydrogen-bond donors (Lipinski definition) is 0. The van der Waals surface area contributed by atoms with E-state index in [4.69, 9.17) is 0 Å². The van der Waals surface area contributed by atoms with Crippen molar-refractivity contribution in [3.63, 3.8) is 0 Å². The van der Waals surface area contributed by atoms with Crippen LogP contribution in [-0.4, -0.2) is 12.4 Å². The lowest BCUT2D eigenvalue weighted by Crippen LogP contribution is -2.14. The Morgan fingerprint density at radius 2 is 1.32 bits per heavy atom. The van der Waals surface area contributed by atoms with Crippen molar-refractivity contribution in [3.8, 4) is 23.3 Å². The third-order valence-electron chi connectivity index (χ3n) is 4.49. The van der Waals surface area contributed by atoms with E-state index < -0.39 is 42.1 Å². The predicted octanol–water partition coefficient (Wildman–Crippen LogP) is 6.60. The van der Waals surface area contributed by atoms with Gasteiger partial charge in [0, 0.05) is 5.56 Å². The van der Waals surface area contributed by atoms with Gasteiger partial charge in [-0.15, -0.1) is 0 Å². The first kappa shape index (κ1) is 22.1. The molecule has 0 aliphatic carbocycles. The molecule has 0 aliphatic heterocycles. The Balaban J connectivity index is 2.39. The molecular formula is C22H11F7N2. The van der Waals surface area contributed by atoms with Crippen LogP contribution in [0.3, 0.4) is 0 Å². The summed E-state index contributed by atoms with van der Waals surface area (Å²) < 4.78 is 91.6. The maximum atomic E-state index is 13.9. The Morgan fingerprint density at radius 1 is 0.742 bits per heavy atom. The fourth-order valence-corrected chi connectivity index (χ4v) is 3.45. The first-order chi connectivity index (χ1) is 14.4. The van der Waals surface area contributed by atoms with E-state index >= 15 is 0 Å². The van der Waals surface area contributed by atoms with E-state index in [1.165, 1.54) is 12.1 Å². The molecule has 0 saturated heterocycles. The van der Waals surface area contributed by atoms with E-state index in [1.807, 2.05) is 0 Å². The van der Waals surface area contributed by atoms with Crippen LogP contribution in [0.4, 0.5) is 30.7 Å². The molecule has 0 N–H and O–H groups in total. The molecule has 9 heteroatoms. The first-order valence-electron chi connectivity index (χ1n) is 8.73. The summed E-state index contributed by atoms with van der Waals surface area (Å²) in [5.74, 6) is -0.718. The molecule has 158 valence electrons. The van der Waals surface area contributed by atoms with Gasteiger partial charge in [0.1, 0.15) is 18.0 Å². The molecule has 0 saturated carbocycles. The smallest absolute Gasteiger partial charge is 0.207 e. The van der Waals surface area contributed by atoms with Gasteiger partial charge in [0.05, 0.1) is 24.0 Å². The minimum absolute atomic E-state index is 0.0940. The van der Waals surface area contributed by atoms with Gasteiger partial charge in [0.2, 0.25) is 0 Å². The number of nitrogens with zero attached hydrogens (tertiary/aromatic N) is 2. The summed E-state index contributed by atoms with van der Waals surface area (Å²) in [7, 11) is 0. The fourth-order valence-electron chi connectivity index (χ4n) is 3.45. The molecule has 3 aromatic carbocycles. The second-order valence-electron chi connectivity index (χ2n) is 6.89. The first-order valence-corrected chi connectivity index (χ1v) is 8.73. The van der Waals surface area contributed by atoms with Crippen LogP contribution in [0.15, 0.2) is 42.5 Å². The van der Waals surface area contributed by atoms with Gasteiger partial charge in [-0.1, -0.05) is 24.3 Å². The van der Waals surface area contributed by atoms with Crippen molar-refractivity contribution in [1.29, 1.82) is 10.5 Å². The van der Waals surface area contributed by atoms with Crippen molar-refractivity contribution >= 4 is 10.8 Å². The molecule has 2 nitrogen and oxygen atoms in total. The standard InChI is InChI=1S/C22H11F7N2/c23-17-2-1-14-6-16(10-30)19(11-31)20(18(14)7-17)15-4-12(8-21(24,25)26)3-13(5-15)9-22(27,28)29/h1-7H,8-9H2. The maximum absolute atomic E-state index is 13.9. The van der Waals surface area contributed by atoms with Gasteiger partial charge in [-0.05, 0) is 45.7 Å². The Kier molecular flexibility index (Phi) is 5.64. The van der Waals surface area contributed by atoms with Crippen LogP contribution in [0.1, 0.15) is 22.3 Å². The van der Waals surface area contributed by atoms with Crippen LogP contribution < -0.4 is 0 Å². The number of hydrogen-bond acceptors (Lipinski definition) is 2. The second-order valence-corrected chi connectivity index (χ2v) is 6.89. The zero-order chi connectivity index (χ0) is 23.0. The summed E-state index contributed by atoms with van der Waals surface area (Å²) in [6, 6.07) is 11.1. The summed E-state index contributed by atoms with van der Waals surface area (Å²) in [4.78, 5) is 0. The van der Waals surface area contributed by atoms with Gasteiger partial charge in [-0.25, -0.2) is 4.39 Å². The fraction of sp³-hybridized carbons (Fsp3) is 0.182. The SMILES string of the molecule is N#Cc1cc2ccc(F)cc2c(-c2cc(CC(F)(F)F)cc(CC(F)(F)F)c2)c1C#N. The highest BCUT2D eigenvalue weighted by molar-refractivity contribution is 6.01. The lowest BCUT2D eigenvalue weighted by atomic mass is 9.88. The molecule has 0 atom stereocenters. The average molecular weight is 436 g/mol. The van der Waals surface area contributed by atoms with Crippen LogP contribution in [0.25, 0.3) is 21.9 Å². The summed E-state index contributed by atoms with van der Waals surface area (Å²) in [5, 5.41) is 19.4. The van der Waals surface area contributed by atoms with Crippen molar-refractivity contribution in [2.24, 2.45) is 0 Å². The number of fused-ring (bicyclic) bond motifs is 1. The topological polar surface area (TPSA) is 47.6 Å². The number of rotatable bonds is 3. The molecule has 0 bridgehead atoms. The average Bonchev–Trinajstić information content (AvgIpc) is 2.63. The highest BCUT2D eigenvalue weighted by Gasteiger charge is 2.31. The van der Waals surface area contributed by atoms with E-state index in [2.05, 4.69) is 0 Å². The molecule has 0 aromatic heterocycles. The highest BCUT2D eigenvalue weighted by Crippen LogP contribution is 2.37. The largest absolute Gasteiger partial charge is 0.393 e. The van der Waals surface area contributed by atoms with Gasteiger partial charge in [0.15, 0.2) is 0 Å². The van der Waals surface area contributed by atoms with Crippen LogP contribution in [0, 0.1) is 28.5 Å². The second kappa shape index (κ2) is 7.92. The zero-order valence-corrected chi connectivity index (χ0v) is 15.5. The third-order valence-corrected chi connectivity index (χ3v) is 4.49. The molecule has 3 aromatic rings. The molecule has 3 rings (SSSR count). The summed E-state index contributed by atoms with van der Waals surface area (Å²) in [5.41, 5.74) is -1.51. The van der Waals surface area contributed by atoms with Crippen LogP contribution in [0.2, 0.25) is 0 Å². The number of halogens is 7. The van der Waals surface area contributed by atoms with Crippen molar-refractivity contribution in [2.75, 3.05) is 0 Å². The molecule has 0 fully saturated rings. The molecule has 0 aliphatic rings. The van der Waals surface area contributed by atoms with E-state index in [0.717, 1.165) is 30.3 Å². The number of alkyl halides is 6. The van der Waals surface area contributed by atoms with Gasteiger partial charge < -0.3 is 0 Å². The van der Waals surface area contributed by atoms with Crippen molar-refractivity contribution in [3.05, 3.63) is 70.5 Å². The van der Waals surface area contributed by atoms with Crippen LogP contribution >= 0.6 is 0 Å². The Morgan fingerprint density at radius 3 is 1.81 bits per heavy atom. The molecule has 0 heterocycles.